The van der Waals surface area contributed by atoms with E-state index in [1.165, 1.54) is 6.92 Å². The summed E-state index contributed by atoms with van der Waals surface area (Å²) >= 11 is 0. The number of nitrogens with one attached hydrogen (secondary N) is 1. The number of imide groups is 1. The zero-order valence-electron chi connectivity index (χ0n) is 43.2. The number of ketones is 1. The Morgan fingerprint density at radius 1 is 0.971 bits per heavy atom. The molecule has 3 aliphatic rings. The number of nitrogens with zero attached hydrogens (tertiary/aromatic N) is 4. The smallest absolute Gasteiger partial charge is 0.417 e. The third-order valence-corrected chi connectivity index (χ3v) is 14.0. The molecule has 14 atom stereocenters. The Bertz CT molecular complexity index is 2190. The lowest BCUT2D eigenvalue weighted by Crippen LogP contribution is -2.62. The summed E-state index contributed by atoms with van der Waals surface area (Å²) in [6, 6.07) is 7.63. The number of benzene rings is 1. The lowest BCUT2D eigenvalue weighted by molar-refractivity contribution is -0.298. The molecule has 2 aromatic rings. The SMILES string of the molecule is CC[C@H]1OC(=O)[C@H](C)[C@@H](OC(=O)C(C)C)[C@H](C)[C@@H](O[C@@H]2O[C@H](C)C[C@H](N(C)C)[C@H]2O)[C@](C)(OC(=O)NC/C=C/c2ccc(-c3ncccn3)cc2)C[C@@H](C)C(=O)[C@H](C)[C@H]2N(C(=O)C(C)C)C(=O)O[C@]12C. The van der Waals surface area contributed by atoms with Crippen molar-refractivity contribution in [2.45, 2.75) is 162 Å². The topological polar surface area (TPSA) is 222 Å². The molecule has 0 bridgehead atoms. The van der Waals surface area contributed by atoms with Gasteiger partial charge in [0, 0.05) is 54.2 Å². The quantitative estimate of drug-likeness (QED) is 0.168. The van der Waals surface area contributed by atoms with E-state index >= 15 is 4.79 Å². The summed E-state index contributed by atoms with van der Waals surface area (Å²) < 4.78 is 38.1. The highest BCUT2D eigenvalue weighted by atomic mass is 16.7. The van der Waals surface area contributed by atoms with Crippen LogP contribution in [0.5, 0.6) is 0 Å². The fourth-order valence-corrected chi connectivity index (χ4v) is 10.2. The molecule has 2 N–H and O–H groups in total. The third-order valence-electron chi connectivity index (χ3n) is 14.0. The minimum Gasteiger partial charge on any atom is -0.461 e. The maximum Gasteiger partial charge on any atom is 0.417 e. The van der Waals surface area contributed by atoms with Crippen LogP contribution in [0.15, 0.2) is 48.8 Å². The van der Waals surface area contributed by atoms with Gasteiger partial charge < -0.3 is 43.7 Å². The van der Waals surface area contributed by atoms with Crippen molar-refractivity contribution in [2.24, 2.45) is 35.5 Å². The highest BCUT2D eigenvalue weighted by Gasteiger charge is 2.62. The van der Waals surface area contributed by atoms with E-state index in [-0.39, 0.29) is 19.4 Å². The number of rotatable bonds is 12. The van der Waals surface area contributed by atoms with Gasteiger partial charge in [-0.3, -0.25) is 19.2 Å². The molecule has 1 aromatic carbocycles. The molecule has 386 valence electrons. The standard InChI is InChI=1S/C52H75N5O13/c1-15-38-52(12)42(57(50(64)70-52)45(60)28(2)3)32(8)39(58)30(6)27-51(11,69-49(63)55-23-16-18-35-19-21-36(22-20-35)44-53-24-17-25-54-44)43(68-48-40(59)37(56(13)14)26-31(7)65-48)33(9)41(34(10)47(62)66-38)67-46(61)29(4)5/h16-22,24-25,28-34,37-38,40-43,48,59H,15,23,26-27H2,1-14H3,(H,55,63)/b18-16+/t30-,31-,32+,33+,34-,37+,38-,40-,41+,42-,43-,48+,51-,52-/m1/s1. The number of Topliss-reactive ketones (excluding diaryl/α,β-unsaturated/α-hetero) is 1. The highest BCUT2D eigenvalue weighted by Crippen LogP contribution is 2.44. The molecule has 3 fully saturated rings. The van der Waals surface area contributed by atoms with E-state index in [1.54, 1.807) is 93.8 Å². The minimum atomic E-state index is -1.82. The van der Waals surface area contributed by atoms with Gasteiger partial charge in [-0.1, -0.05) is 91.8 Å². The largest absolute Gasteiger partial charge is 0.461 e. The van der Waals surface area contributed by atoms with Crippen molar-refractivity contribution in [2.75, 3.05) is 20.6 Å². The molecule has 70 heavy (non-hydrogen) atoms. The van der Waals surface area contributed by atoms with E-state index in [2.05, 4.69) is 15.3 Å². The Balaban J connectivity index is 1.62. The number of ether oxygens (including phenoxy) is 6. The van der Waals surface area contributed by atoms with Gasteiger partial charge >= 0.3 is 24.1 Å². The Morgan fingerprint density at radius 2 is 1.61 bits per heavy atom. The second-order valence-electron chi connectivity index (χ2n) is 20.5. The molecule has 18 nitrogen and oxygen atoms in total. The molecule has 1 aromatic heterocycles. The lowest BCUT2D eigenvalue weighted by Gasteiger charge is -2.48. The average Bonchev–Trinajstić information content (AvgIpc) is 3.59. The van der Waals surface area contributed by atoms with Crippen LogP contribution in [0.4, 0.5) is 9.59 Å². The molecule has 18 heteroatoms. The lowest BCUT2D eigenvalue weighted by atomic mass is 9.73. The van der Waals surface area contributed by atoms with Crippen LogP contribution in [0.3, 0.4) is 0 Å². The summed E-state index contributed by atoms with van der Waals surface area (Å²) in [7, 11) is 3.65. The number of aliphatic hydroxyl groups excluding tert-OH is 1. The van der Waals surface area contributed by atoms with Crippen LogP contribution in [0.1, 0.15) is 108 Å². The number of carbonyl (C=O) groups is 6. The van der Waals surface area contributed by atoms with E-state index in [0.717, 1.165) is 16.0 Å². The van der Waals surface area contributed by atoms with E-state index in [4.69, 9.17) is 28.4 Å². The number of hydrogen-bond donors (Lipinski definition) is 2. The molecule has 3 aliphatic heterocycles. The number of likely N-dealkylation sites (N-methyl/N-ethyl adjacent to an activating group) is 1. The Kier molecular flexibility index (Phi) is 18.5. The van der Waals surface area contributed by atoms with Gasteiger partial charge in [-0.2, -0.15) is 0 Å². The fraction of sp³-hybridized carbons (Fsp3) is 0.654. The first-order chi connectivity index (χ1) is 32.8. The summed E-state index contributed by atoms with van der Waals surface area (Å²) in [4.78, 5) is 96.8. The predicted octanol–water partition coefficient (Wildman–Crippen LogP) is 6.62. The Labute approximate surface area is 412 Å². The number of alkyl carbamates (subject to hydrolysis) is 1. The molecular weight excluding hydrogens is 903 g/mol. The van der Waals surface area contributed by atoms with E-state index in [0.29, 0.717) is 12.2 Å². The number of fused-ring (bicyclic) bond motifs is 1. The van der Waals surface area contributed by atoms with Gasteiger partial charge in [0.05, 0.1) is 24.0 Å². The van der Waals surface area contributed by atoms with Gasteiger partial charge in [0.1, 0.15) is 35.8 Å². The molecule has 0 radical (unpaired) electrons. The molecule has 0 spiro atoms. The molecule has 0 unspecified atom stereocenters. The summed E-state index contributed by atoms with van der Waals surface area (Å²) in [6.45, 7) is 19.7. The fourth-order valence-electron chi connectivity index (χ4n) is 10.2. The van der Waals surface area contributed by atoms with Crippen molar-refractivity contribution in [1.82, 2.24) is 25.1 Å². The Morgan fingerprint density at radius 3 is 2.20 bits per heavy atom. The summed E-state index contributed by atoms with van der Waals surface area (Å²) in [5.41, 5.74) is -1.85. The van der Waals surface area contributed by atoms with Crippen LogP contribution in [0.25, 0.3) is 17.5 Å². The van der Waals surface area contributed by atoms with E-state index < -0.39 is 131 Å². The van der Waals surface area contributed by atoms with Crippen molar-refractivity contribution >= 4 is 41.9 Å². The average molecular weight is 978 g/mol. The van der Waals surface area contributed by atoms with Crippen LogP contribution >= 0.6 is 0 Å². The monoisotopic (exact) mass is 978 g/mol. The van der Waals surface area contributed by atoms with Crippen molar-refractivity contribution in [3.63, 3.8) is 0 Å². The number of amides is 3. The van der Waals surface area contributed by atoms with Gasteiger partial charge in [0.15, 0.2) is 17.7 Å². The molecule has 0 saturated carbocycles. The van der Waals surface area contributed by atoms with Crippen LogP contribution < -0.4 is 5.32 Å². The number of aromatic nitrogens is 2. The molecule has 5 rings (SSSR count). The summed E-state index contributed by atoms with van der Waals surface area (Å²) in [5.74, 6) is -7.55. The van der Waals surface area contributed by atoms with Crippen molar-refractivity contribution < 1.29 is 62.3 Å². The van der Waals surface area contributed by atoms with Gasteiger partial charge in [0.2, 0.25) is 5.91 Å². The summed E-state index contributed by atoms with van der Waals surface area (Å²) in [6.07, 6.45) is -1.45. The third kappa shape index (κ3) is 12.4. The van der Waals surface area contributed by atoms with E-state index in [1.807, 2.05) is 56.3 Å². The predicted molar refractivity (Wildman–Crippen MR) is 258 cm³/mol. The number of aliphatic hydroxyl groups is 1. The number of hydrogen-bond acceptors (Lipinski definition) is 16. The number of carbonyl (C=O) groups excluding carboxylic acids is 6. The van der Waals surface area contributed by atoms with E-state index in [9.17, 15) is 29.1 Å². The van der Waals surface area contributed by atoms with Gasteiger partial charge in [-0.25, -0.2) is 24.5 Å². The number of cyclic esters (lactones) is 1. The first-order valence-corrected chi connectivity index (χ1v) is 24.5. The second-order valence-corrected chi connectivity index (χ2v) is 20.5. The van der Waals surface area contributed by atoms with Gasteiger partial charge in [-0.15, -0.1) is 0 Å². The maximum absolute atomic E-state index is 15.1. The highest BCUT2D eigenvalue weighted by molar-refractivity contribution is 5.96. The zero-order chi connectivity index (χ0) is 52.0. The van der Waals surface area contributed by atoms with Crippen LogP contribution in [0, 0.1) is 35.5 Å². The first-order valence-electron chi connectivity index (χ1n) is 24.5. The van der Waals surface area contributed by atoms with Crippen LogP contribution in [-0.4, -0.2) is 141 Å². The van der Waals surface area contributed by atoms with Crippen LogP contribution in [0.2, 0.25) is 0 Å². The van der Waals surface area contributed by atoms with Crippen molar-refractivity contribution in [3.8, 4) is 11.4 Å². The molecule has 3 amide bonds. The second kappa shape index (κ2) is 23.3. The van der Waals surface area contributed by atoms with Gasteiger partial charge in [-0.05, 0) is 72.7 Å². The molecule has 0 aliphatic carbocycles. The Hall–Kier alpha value is -5.30. The zero-order valence-corrected chi connectivity index (χ0v) is 43.2. The maximum atomic E-state index is 15.1. The minimum absolute atomic E-state index is 0.0155. The number of esters is 2. The first kappa shape index (κ1) is 55.6. The molecule has 4 heterocycles. The molecular formula is C52H75N5O13. The van der Waals surface area contributed by atoms with Gasteiger partial charge in [0.25, 0.3) is 0 Å². The normalized spacial score (nSPS) is 33.4. The molecule has 3 saturated heterocycles. The summed E-state index contributed by atoms with van der Waals surface area (Å²) in [5, 5.41) is 14.6. The van der Waals surface area contributed by atoms with Crippen molar-refractivity contribution in [3.05, 3.63) is 54.4 Å². The van der Waals surface area contributed by atoms with Crippen LogP contribution in [-0.2, 0) is 47.6 Å². The van der Waals surface area contributed by atoms with Crippen molar-refractivity contribution in [1.29, 1.82) is 0 Å².